The molecule has 2 N–H and O–H groups in total. The molecule has 1 fully saturated rings. The Balaban J connectivity index is 1.29. The van der Waals surface area contributed by atoms with Crippen LogP contribution in [0, 0.1) is 5.82 Å². The Morgan fingerprint density at radius 1 is 1.00 bits per heavy atom. The number of aliphatic carboxylic acids is 1. The molecule has 1 saturated carbocycles. The van der Waals surface area contributed by atoms with Gasteiger partial charge in [0.05, 0.1) is 11.3 Å². The highest BCUT2D eigenvalue weighted by atomic mass is 19.1. The fourth-order valence-corrected chi connectivity index (χ4v) is 4.72. The molecule has 0 heterocycles. The molecule has 0 radical (unpaired) electrons. The third-order valence-corrected chi connectivity index (χ3v) is 6.88. The zero-order valence-corrected chi connectivity index (χ0v) is 19.0. The molecule has 178 valence electrons. The van der Waals surface area contributed by atoms with Gasteiger partial charge in [-0.25, -0.2) is 14.0 Å². The molecule has 0 aliphatic heterocycles. The average Bonchev–Trinajstić information content (AvgIpc) is 3.62. The van der Waals surface area contributed by atoms with Crippen molar-refractivity contribution in [3.63, 3.8) is 0 Å². The Hall–Kier alpha value is -4.20. The summed E-state index contributed by atoms with van der Waals surface area (Å²) in [6.45, 7) is 0.0595. The van der Waals surface area contributed by atoms with Crippen molar-refractivity contribution in [1.82, 2.24) is 4.90 Å². The number of amides is 2. The molecule has 2 aliphatic carbocycles. The predicted molar refractivity (Wildman–Crippen MR) is 127 cm³/mol. The van der Waals surface area contributed by atoms with Crippen molar-refractivity contribution in [3.8, 4) is 11.1 Å². The van der Waals surface area contributed by atoms with Crippen LogP contribution >= 0.6 is 0 Å². The number of carbonyl (C=O) groups is 3. The van der Waals surface area contributed by atoms with Gasteiger partial charge in [0, 0.05) is 13.0 Å². The zero-order chi connectivity index (χ0) is 24.7. The second-order valence-corrected chi connectivity index (χ2v) is 8.82. The van der Waals surface area contributed by atoms with Crippen LogP contribution in [0.4, 0.5) is 14.9 Å². The Kier molecular flexibility index (Phi) is 5.51. The van der Waals surface area contributed by atoms with Gasteiger partial charge in [0.1, 0.15) is 12.1 Å². The summed E-state index contributed by atoms with van der Waals surface area (Å²) in [7, 11) is 1.34. The van der Waals surface area contributed by atoms with E-state index in [9.17, 15) is 19.5 Å². The van der Waals surface area contributed by atoms with E-state index in [1.807, 2.05) is 48.5 Å². The number of fused-ring (bicyclic) bond motifs is 3. The molecule has 35 heavy (non-hydrogen) atoms. The van der Waals surface area contributed by atoms with Gasteiger partial charge in [-0.2, -0.15) is 0 Å². The first-order valence-corrected chi connectivity index (χ1v) is 11.3. The number of halogens is 1. The SMILES string of the molecule is CN(C(=O)c1cccc(NC(=O)OCC2c3ccccc3-c3ccccc32)c1F)C1(C(=O)O)CC1. The largest absolute Gasteiger partial charge is 0.479 e. The van der Waals surface area contributed by atoms with E-state index in [0.717, 1.165) is 27.2 Å². The van der Waals surface area contributed by atoms with E-state index < -0.39 is 29.3 Å². The lowest BCUT2D eigenvalue weighted by molar-refractivity contribution is -0.143. The number of nitrogens with zero attached hydrogens (tertiary/aromatic N) is 1. The van der Waals surface area contributed by atoms with Crippen molar-refractivity contribution >= 4 is 23.7 Å². The summed E-state index contributed by atoms with van der Waals surface area (Å²) in [5, 5.41) is 11.8. The summed E-state index contributed by atoms with van der Waals surface area (Å²) in [4.78, 5) is 37.9. The standard InChI is InChI=1S/C27H23FN2O5/c1-30(27(13-14-27)25(32)33)24(31)20-11-6-12-22(23(20)28)29-26(34)35-15-21-18-9-4-2-7-16(18)17-8-3-5-10-19(17)21/h2-12,21H,13-15H2,1H3,(H,29,34)(H,32,33). The molecule has 0 aromatic heterocycles. The fourth-order valence-electron chi connectivity index (χ4n) is 4.72. The monoisotopic (exact) mass is 474 g/mol. The number of hydrogen-bond donors (Lipinski definition) is 2. The second kappa shape index (κ2) is 8.54. The quantitative estimate of drug-likeness (QED) is 0.531. The molecule has 3 aromatic rings. The van der Waals surface area contributed by atoms with Gasteiger partial charge in [-0.15, -0.1) is 0 Å². The second-order valence-electron chi connectivity index (χ2n) is 8.82. The van der Waals surface area contributed by atoms with Crippen LogP contribution in [0.2, 0.25) is 0 Å². The third kappa shape index (κ3) is 3.80. The van der Waals surface area contributed by atoms with Crippen molar-refractivity contribution < 1.29 is 28.6 Å². The fraction of sp³-hybridized carbons (Fsp3) is 0.222. The predicted octanol–water partition coefficient (Wildman–Crippen LogP) is 4.88. The van der Waals surface area contributed by atoms with E-state index in [0.29, 0.717) is 12.8 Å². The van der Waals surface area contributed by atoms with Gasteiger partial charge in [-0.1, -0.05) is 54.6 Å². The topological polar surface area (TPSA) is 95.9 Å². The van der Waals surface area contributed by atoms with E-state index in [1.54, 1.807) is 0 Å². The van der Waals surface area contributed by atoms with Gasteiger partial charge in [-0.3, -0.25) is 10.1 Å². The van der Waals surface area contributed by atoms with Crippen LogP contribution in [0.15, 0.2) is 66.7 Å². The summed E-state index contributed by atoms with van der Waals surface area (Å²) in [5.41, 5.74) is 2.44. The molecular weight excluding hydrogens is 451 g/mol. The number of carboxylic acid groups (broad SMARTS) is 1. The molecule has 7 nitrogen and oxygen atoms in total. The summed E-state index contributed by atoms with van der Waals surface area (Å²) in [5.74, 6) is -2.98. The molecule has 2 amide bonds. The molecule has 3 aromatic carbocycles. The number of likely N-dealkylation sites (N-methyl/N-ethyl adjacent to an activating group) is 1. The first-order chi connectivity index (χ1) is 16.8. The van der Waals surface area contributed by atoms with Gasteiger partial charge in [0.15, 0.2) is 5.82 Å². The van der Waals surface area contributed by atoms with Gasteiger partial charge in [0.2, 0.25) is 0 Å². The Morgan fingerprint density at radius 2 is 1.60 bits per heavy atom. The maximum atomic E-state index is 15.1. The molecule has 0 saturated heterocycles. The van der Waals surface area contributed by atoms with Crippen LogP contribution in [-0.4, -0.2) is 47.2 Å². The van der Waals surface area contributed by atoms with Crippen LogP contribution in [0.3, 0.4) is 0 Å². The number of carboxylic acids is 1. The van der Waals surface area contributed by atoms with Crippen molar-refractivity contribution in [2.75, 3.05) is 19.0 Å². The minimum atomic E-state index is -1.31. The first kappa shape index (κ1) is 22.6. The summed E-state index contributed by atoms with van der Waals surface area (Å²) >= 11 is 0. The van der Waals surface area contributed by atoms with Gasteiger partial charge < -0.3 is 14.7 Å². The number of hydrogen-bond acceptors (Lipinski definition) is 4. The highest BCUT2D eigenvalue weighted by molar-refractivity contribution is 6.00. The van der Waals surface area contributed by atoms with Crippen LogP contribution in [0.1, 0.15) is 40.2 Å². The zero-order valence-electron chi connectivity index (χ0n) is 19.0. The van der Waals surface area contributed by atoms with Crippen LogP contribution in [0.5, 0.6) is 0 Å². The minimum Gasteiger partial charge on any atom is -0.479 e. The summed E-state index contributed by atoms with van der Waals surface area (Å²) in [6.07, 6.45) is -0.235. The molecule has 0 unspecified atom stereocenters. The minimum absolute atomic E-state index is 0.0595. The summed E-state index contributed by atoms with van der Waals surface area (Å²) in [6, 6.07) is 19.8. The number of carbonyl (C=O) groups excluding carboxylic acids is 2. The molecule has 0 bridgehead atoms. The Labute approximate surface area is 201 Å². The van der Waals surface area contributed by atoms with Gasteiger partial charge >= 0.3 is 12.1 Å². The molecule has 0 atom stereocenters. The number of rotatable bonds is 6. The molecule has 0 spiro atoms. The molecule has 8 heteroatoms. The number of ether oxygens (including phenoxy) is 1. The maximum Gasteiger partial charge on any atom is 0.411 e. The lowest BCUT2D eigenvalue weighted by Crippen LogP contribution is -2.44. The van der Waals surface area contributed by atoms with Crippen molar-refractivity contribution in [3.05, 3.63) is 89.2 Å². The van der Waals surface area contributed by atoms with Crippen LogP contribution in [0.25, 0.3) is 11.1 Å². The van der Waals surface area contributed by atoms with E-state index in [-0.39, 0.29) is 23.8 Å². The lowest BCUT2D eigenvalue weighted by Gasteiger charge is -2.25. The number of nitrogens with one attached hydrogen (secondary N) is 1. The lowest BCUT2D eigenvalue weighted by atomic mass is 9.98. The van der Waals surface area contributed by atoms with Gasteiger partial charge in [-0.05, 0) is 47.2 Å². The van der Waals surface area contributed by atoms with E-state index in [2.05, 4.69) is 5.32 Å². The molecule has 2 aliphatic rings. The Morgan fingerprint density at radius 3 is 2.17 bits per heavy atom. The van der Waals surface area contributed by atoms with E-state index in [1.165, 1.54) is 25.2 Å². The number of benzene rings is 3. The smallest absolute Gasteiger partial charge is 0.411 e. The highest BCUT2D eigenvalue weighted by Crippen LogP contribution is 2.44. The van der Waals surface area contributed by atoms with Crippen LogP contribution in [-0.2, 0) is 9.53 Å². The van der Waals surface area contributed by atoms with Crippen molar-refractivity contribution in [2.24, 2.45) is 0 Å². The van der Waals surface area contributed by atoms with Crippen molar-refractivity contribution in [2.45, 2.75) is 24.3 Å². The van der Waals surface area contributed by atoms with E-state index in [4.69, 9.17) is 4.74 Å². The summed E-state index contributed by atoms with van der Waals surface area (Å²) < 4.78 is 20.6. The average molecular weight is 474 g/mol. The van der Waals surface area contributed by atoms with Gasteiger partial charge in [0.25, 0.3) is 5.91 Å². The normalized spacial score (nSPS) is 15.0. The number of anilines is 1. The molecule has 5 rings (SSSR count). The van der Waals surface area contributed by atoms with Crippen molar-refractivity contribution in [1.29, 1.82) is 0 Å². The molecular formula is C27H23FN2O5. The maximum absolute atomic E-state index is 15.1. The van der Waals surface area contributed by atoms with E-state index >= 15 is 4.39 Å². The van der Waals surface area contributed by atoms with Crippen LogP contribution < -0.4 is 5.32 Å². The highest BCUT2D eigenvalue weighted by Gasteiger charge is 2.55. The third-order valence-electron chi connectivity index (χ3n) is 6.88. The Bertz CT molecular complexity index is 1310. The first-order valence-electron chi connectivity index (χ1n) is 11.3.